The number of nitrogens with two attached hydrogens (primary N) is 1. The van der Waals surface area contributed by atoms with Gasteiger partial charge in [0, 0.05) is 10.6 Å². The molecule has 86 valence electrons. The molecule has 1 saturated carbocycles. The molecule has 0 heterocycles. The highest BCUT2D eigenvalue weighted by Crippen LogP contribution is 2.44. The zero-order valence-electron chi connectivity index (χ0n) is 8.80. The number of benzene rings is 1. The highest BCUT2D eigenvalue weighted by Gasteiger charge is 2.44. The average molecular weight is 242 g/mol. The second-order valence-electron chi connectivity index (χ2n) is 4.25. The van der Waals surface area contributed by atoms with Crippen molar-refractivity contribution in [3.8, 4) is 0 Å². The first-order valence-electron chi connectivity index (χ1n) is 5.32. The summed E-state index contributed by atoms with van der Waals surface area (Å²) in [5.41, 5.74) is 4.82. The van der Waals surface area contributed by atoms with Gasteiger partial charge >= 0.3 is 0 Å². The molecule has 1 aromatic rings. The minimum Gasteiger partial charge on any atom is -0.369 e. The van der Waals surface area contributed by atoms with E-state index in [1.807, 2.05) is 0 Å². The lowest BCUT2D eigenvalue weighted by atomic mass is 9.78. The summed E-state index contributed by atoms with van der Waals surface area (Å²) in [5.74, 6) is -0.912. The summed E-state index contributed by atoms with van der Waals surface area (Å²) in [6.45, 7) is 0. The largest absolute Gasteiger partial charge is 0.369 e. The number of carbonyl (C=O) groups is 1. The van der Waals surface area contributed by atoms with Crippen LogP contribution in [0.2, 0.25) is 5.02 Å². The third-order valence-electron chi connectivity index (χ3n) is 3.37. The summed E-state index contributed by atoms with van der Waals surface area (Å²) in [7, 11) is 0. The average Bonchev–Trinajstić information content (AvgIpc) is 2.67. The van der Waals surface area contributed by atoms with E-state index in [4.69, 9.17) is 17.3 Å². The molecule has 0 spiro atoms. The first-order valence-corrected chi connectivity index (χ1v) is 5.70. The Kier molecular flexibility index (Phi) is 2.89. The molecule has 0 radical (unpaired) electrons. The number of primary amides is 1. The maximum atomic E-state index is 13.8. The number of hydrogen-bond acceptors (Lipinski definition) is 1. The Hall–Kier alpha value is -1.09. The van der Waals surface area contributed by atoms with E-state index in [1.54, 1.807) is 6.07 Å². The maximum Gasteiger partial charge on any atom is 0.228 e. The van der Waals surface area contributed by atoms with Crippen molar-refractivity contribution >= 4 is 17.5 Å². The minimum atomic E-state index is -0.900. The van der Waals surface area contributed by atoms with Crippen molar-refractivity contribution in [3.05, 3.63) is 34.6 Å². The fraction of sp³-hybridized carbons (Fsp3) is 0.417. The van der Waals surface area contributed by atoms with Gasteiger partial charge < -0.3 is 5.73 Å². The Bertz CT molecular complexity index is 407. The molecular formula is C12H13ClFNO. The van der Waals surface area contributed by atoms with Gasteiger partial charge in [0.15, 0.2) is 0 Å². The summed E-state index contributed by atoms with van der Waals surface area (Å²) in [6, 6.07) is 4.46. The lowest BCUT2D eigenvalue weighted by Gasteiger charge is -2.27. The van der Waals surface area contributed by atoms with Gasteiger partial charge in [-0.25, -0.2) is 4.39 Å². The van der Waals surface area contributed by atoms with Crippen molar-refractivity contribution in [1.82, 2.24) is 0 Å². The fourth-order valence-electron chi connectivity index (χ4n) is 2.55. The van der Waals surface area contributed by atoms with Crippen molar-refractivity contribution in [2.75, 3.05) is 0 Å². The van der Waals surface area contributed by atoms with Crippen LogP contribution in [0.15, 0.2) is 18.2 Å². The molecule has 0 bridgehead atoms. The van der Waals surface area contributed by atoms with Gasteiger partial charge in [-0.15, -0.1) is 0 Å². The fourth-order valence-corrected chi connectivity index (χ4v) is 2.90. The molecule has 0 atom stereocenters. The number of halogens is 2. The molecule has 0 unspecified atom stereocenters. The number of rotatable bonds is 2. The Morgan fingerprint density at radius 1 is 1.38 bits per heavy atom. The van der Waals surface area contributed by atoms with E-state index in [2.05, 4.69) is 0 Å². The van der Waals surface area contributed by atoms with E-state index in [-0.39, 0.29) is 5.56 Å². The minimum absolute atomic E-state index is 0.279. The lowest BCUT2D eigenvalue weighted by Crippen LogP contribution is -2.39. The van der Waals surface area contributed by atoms with E-state index in [1.165, 1.54) is 12.1 Å². The SMILES string of the molecule is NC(=O)C1(c2c(F)cccc2Cl)CCCC1. The number of carbonyl (C=O) groups excluding carboxylic acids is 1. The molecular weight excluding hydrogens is 229 g/mol. The van der Waals surface area contributed by atoms with E-state index in [0.29, 0.717) is 17.9 Å². The Morgan fingerprint density at radius 3 is 2.50 bits per heavy atom. The van der Waals surface area contributed by atoms with Crippen LogP contribution in [-0.4, -0.2) is 5.91 Å². The molecule has 2 N–H and O–H groups in total. The predicted molar refractivity (Wildman–Crippen MR) is 60.8 cm³/mol. The van der Waals surface area contributed by atoms with Gasteiger partial charge in [0.05, 0.1) is 5.41 Å². The number of amides is 1. The summed E-state index contributed by atoms with van der Waals surface area (Å²) in [6.07, 6.45) is 2.94. The summed E-state index contributed by atoms with van der Waals surface area (Å²) < 4.78 is 13.8. The zero-order valence-corrected chi connectivity index (χ0v) is 9.56. The van der Waals surface area contributed by atoms with E-state index in [0.717, 1.165) is 12.8 Å². The standard InChI is InChI=1S/C12H13ClFNO/c13-8-4-3-5-9(14)10(8)12(11(15)16)6-1-2-7-12/h3-5H,1-2,6-7H2,(H2,15,16). The van der Waals surface area contributed by atoms with Gasteiger partial charge in [0.25, 0.3) is 0 Å². The van der Waals surface area contributed by atoms with Crippen LogP contribution in [-0.2, 0) is 10.2 Å². The molecule has 2 nitrogen and oxygen atoms in total. The molecule has 2 rings (SSSR count). The Morgan fingerprint density at radius 2 is 2.00 bits per heavy atom. The van der Waals surface area contributed by atoms with E-state index in [9.17, 15) is 9.18 Å². The predicted octanol–water partition coefficient (Wildman–Crippen LogP) is 2.78. The summed E-state index contributed by atoms with van der Waals surface area (Å²) >= 11 is 6.00. The zero-order chi connectivity index (χ0) is 11.8. The molecule has 1 amide bonds. The van der Waals surface area contributed by atoms with Crippen molar-refractivity contribution in [2.45, 2.75) is 31.1 Å². The van der Waals surface area contributed by atoms with Crippen LogP contribution in [0.5, 0.6) is 0 Å². The maximum absolute atomic E-state index is 13.8. The Labute approximate surface area is 98.6 Å². The highest BCUT2D eigenvalue weighted by molar-refractivity contribution is 6.31. The molecule has 1 aliphatic rings. The smallest absolute Gasteiger partial charge is 0.228 e. The van der Waals surface area contributed by atoms with Gasteiger partial charge in [-0.1, -0.05) is 30.5 Å². The van der Waals surface area contributed by atoms with Crippen LogP contribution >= 0.6 is 11.6 Å². The van der Waals surface area contributed by atoms with Crippen LogP contribution < -0.4 is 5.73 Å². The third kappa shape index (κ3) is 1.59. The van der Waals surface area contributed by atoms with Crippen LogP contribution in [0, 0.1) is 5.82 Å². The lowest BCUT2D eigenvalue weighted by molar-refractivity contribution is -0.123. The van der Waals surface area contributed by atoms with Crippen molar-refractivity contribution in [3.63, 3.8) is 0 Å². The van der Waals surface area contributed by atoms with Crippen molar-refractivity contribution in [1.29, 1.82) is 0 Å². The van der Waals surface area contributed by atoms with Crippen LogP contribution in [0.1, 0.15) is 31.2 Å². The molecule has 1 aromatic carbocycles. The van der Waals surface area contributed by atoms with Crippen LogP contribution in [0.4, 0.5) is 4.39 Å². The van der Waals surface area contributed by atoms with Gasteiger partial charge in [-0.05, 0) is 25.0 Å². The normalized spacial score (nSPS) is 18.6. The quantitative estimate of drug-likeness (QED) is 0.850. The van der Waals surface area contributed by atoms with E-state index < -0.39 is 17.1 Å². The molecule has 0 saturated heterocycles. The number of hydrogen-bond donors (Lipinski definition) is 1. The highest BCUT2D eigenvalue weighted by atomic mass is 35.5. The molecule has 0 aromatic heterocycles. The second-order valence-corrected chi connectivity index (χ2v) is 4.66. The monoisotopic (exact) mass is 241 g/mol. The molecule has 16 heavy (non-hydrogen) atoms. The van der Waals surface area contributed by atoms with Crippen molar-refractivity contribution in [2.24, 2.45) is 5.73 Å². The first kappa shape index (κ1) is 11.4. The van der Waals surface area contributed by atoms with Gasteiger partial charge in [0.1, 0.15) is 5.82 Å². The Balaban J connectivity index is 2.60. The molecule has 0 aliphatic heterocycles. The molecule has 1 aliphatic carbocycles. The van der Waals surface area contributed by atoms with Crippen molar-refractivity contribution < 1.29 is 9.18 Å². The van der Waals surface area contributed by atoms with Crippen LogP contribution in [0.25, 0.3) is 0 Å². The van der Waals surface area contributed by atoms with Crippen LogP contribution in [0.3, 0.4) is 0 Å². The molecule has 1 fully saturated rings. The van der Waals surface area contributed by atoms with E-state index >= 15 is 0 Å². The van der Waals surface area contributed by atoms with Gasteiger partial charge in [-0.2, -0.15) is 0 Å². The summed E-state index contributed by atoms with van der Waals surface area (Å²) in [5, 5.41) is 0.292. The third-order valence-corrected chi connectivity index (χ3v) is 3.69. The second kappa shape index (κ2) is 4.06. The first-order chi connectivity index (χ1) is 7.58. The molecule has 4 heteroatoms. The summed E-state index contributed by atoms with van der Waals surface area (Å²) in [4.78, 5) is 11.6. The van der Waals surface area contributed by atoms with Gasteiger partial charge in [0.2, 0.25) is 5.91 Å². The van der Waals surface area contributed by atoms with Gasteiger partial charge in [-0.3, -0.25) is 4.79 Å². The topological polar surface area (TPSA) is 43.1 Å².